The lowest BCUT2D eigenvalue weighted by Gasteiger charge is -2.22. The highest BCUT2D eigenvalue weighted by molar-refractivity contribution is 5.21. The summed E-state index contributed by atoms with van der Waals surface area (Å²) in [5, 5.41) is 9.91. The summed E-state index contributed by atoms with van der Waals surface area (Å²) >= 11 is 0. The summed E-state index contributed by atoms with van der Waals surface area (Å²) in [4.78, 5) is 0. The molecule has 12 heavy (non-hydrogen) atoms. The van der Waals surface area contributed by atoms with Crippen molar-refractivity contribution in [2.24, 2.45) is 5.73 Å². The van der Waals surface area contributed by atoms with Crippen LogP contribution in [-0.2, 0) is 5.60 Å². The fourth-order valence-electron chi connectivity index (χ4n) is 1.22. The van der Waals surface area contributed by atoms with Gasteiger partial charge in [-0.15, -0.1) is 0 Å². The van der Waals surface area contributed by atoms with Crippen LogP contribution in [0.1, 0.15) is 18.9 Å². The van der Waals surface area contributed by atoms with Crippen LogP contribution < -0.4 is 5.73 Å². The molecule has 0 aromatic heterocycles. The maximum Gasteiger partial charge on any atom is 0.0880 e. The van der Waals surface area contributed by atoms with Gasteiger partial charge in [0.25, 0.3) is 0 Å². The van der Waals surface area contributed by atoms with E-state index >= 15 is 0 Å². The van der Waals surface area contributed by atoms with Crippen LogP contribution in [0.3, 0.4) is 0 Å². The van der Waals surface area contributed by atoms with E-state index < -0.39 is 5.60 Å². The molecular formula is C10H15NO. The Kier molecular flexibility index (Phi) is 2.84. The normalized spacial score (nSPS) is 15.6. The van der Waals surface area contributed by atoms with Crippen molar-refractivity contribution in [3.05, 3.63) is 35.9 Å². The van der Waals surface area contributed by atoms with E-state index in [2.05, 4.69) is 0 Å². The third-order valence-corrected chi connectivity index (χ3v) is 2.03. The Balaban J connectivity index is 2.82. The molecule has 1 aromatic carbocycles. The number of rotatable bonds is 3. The minimum absolute atomic E-state index is 0.502. The van der Waals surface area contributed by atoms with E-state index in [-0.39, 0.29) is 0 Å². The molecule has 66 valence electrons. The first kappa shape index (κ1) is 9.23. The second-order valence-corrected chi connectivity index (χ2v) is 3.18. The smallest absolute Gasteiger partial charge is 0.0880 e. The molecule has 0 saturated carbocycles. The van der Waals surface area contributed by atoms with Crippen LogP contribution in [0.4, 0.5) is 0 Å². The highest BCUT2D eigenvalue weighted by atomic mass is 16.3. The lowest BCUT2D eigenvalue weighted by Crippen LogP contribution is -2.24. The summed E-state index contributed by atoms with van der Waals surface area (Å²) in [5.74, 6) is 0. The van der Waals surface area contributed by atoms with Gasteiger partial charge in [-0.1, -0.05) is 30.3 Å². The van der Waals surface area contributed by atoms with Crippen molar-refractivity contribution in [3.8, 4) is 0 Å². The first-order valence-corrected chi connectivity index (χ1v) is 4.15. The lowest BCUT2D eigenvalue weighted by atomic mass is 9.93. The molecule has 0 aliphatic heterocycles. The van der Waals surface area contributed by atoms with E-state index in [0.717, 1.165) is 5.56 Å². The van der Waals surface area contributed by atoms with Crippen molar-refractivity contribution in [2.45, 2.75) is 18.9 Å². The number of aliphatic hydroxyl groups is 1. The molecule has 1 atom stereocenters. The minimum Gasteiger partial charge on any atom is -0.385 e. The molecule has 0 fully saturated rings. The molecule has 0 aliphatic carbocycles. The summed E-state index contributed by atoms with van der Waals surface area (Å²) in [5.41, 5.74) is 5.54. The highest BCUT2D eigenvalue weighted by Gasteiger charge is 2.20. The Morgan fingerprint density at radius 2 is 1.92 bits per heavy atom. The fraction of sp³-hybridized carbons (Fsp3) is 0.400. The van der Waals surface area contributed by atoms with Gasteiger partial charge in [0.1, 0.15) is 0 Å². The fourth-order valence-corrected chi connectivity index (χ4v) is 1.22. The molecule has 0 saturated heterocycles. The molecule has 1 aromatic rings. The summed E-state index contributed by atoms with van der Waals surface area (Å²) in [7, 11) is 0. The summed E-state index contributed by atoms with van der Waals surface area (Å²) in [6.07, 6.45) is 0.594. The minimum atomic E-state index is -0.782. The van der Waals surface area contributed by atoms with Crippen LogP contribution >= 0.6 is 0 Å². The van der Waals surface area contributed by atoms with Crippen LogP contribution in [0.25, 0.3) is 0 Å². The second kappa shape index (κ2) is 3.70. The molecule has 3 N–H and O–H groups in total. The standard InChI is InChI=1S/C10H15NO/c1-10(12,7-8-11)9-5-3-2-4-6-9/h2-6,12H,7-8,11H2,1H3. The zero-order chi connectivity index (χ0) is 9.03. The van der Waals surface area contributed by atoms with Crippen LogP contribution in [0.5, 0.6) is 0 Å². The van der Waals surface area contributed by atoms with Gasteiger partial charge in [0.05, 0.1) is 5.60 Å². The van der Waals surface area contributed by atoms with E-state index in [1.54, 1.807) is 6.92 Å². The molecule has 1 unspecified atom stereocenters. The van der Waals surface area contributed by atoms with Gasteiger partial charge >= 0.3 is 0 Å². The van der Waals surface area contributed by atoms with E-state index in [9.17, 15) is 5.11 Å². The van der Waals surface area contributed by atoms with Gasteiger partial charge in [-0.05, 0) is 25.5 Å². The highest BCUT2D eigenvalue weighted by Crippen LogP contribution is 2.22. The molecule has 0 aliphatic rings. The third-order valence-electron chi connectivity index (χ3n) is 2.03. The Labute approximate surface area is 73.0 Å². The predicted octanol–water partition coefficient (Wildman–Crippen LogP) is 1.24. The first-order valence-electron chi connectivity index (χ1n) is 4.15. The molecule has 2 heteroatoms. The summed E-state index contributed by atoms with van der Waals surface area (Å²) in [6, 6.07) is 9.59. The largest absolute Gasteiger partial charge is 0.385 e. The molecule has 0 amide bonds. The van der Waals surface area contributed by atoms with Crippen molar-refractivity contribution in [1.82, 2.24) is 0 Å². The molecule has 2 nitrogen and oxygen atoms in total. The van der Waals surface area contributed by atoms with Gasteiger partial charge in [-0.3, -0.25) is 0 Å². The maximum atomic E-state index is 9.91. The molecule has 0 bridgehead atoms. The Hall–Kier alpha value is -0.860. The zero-order valence-electron chi connectivity index (χ0n) is 7.33. The van der Waals surface area contributed by atoms with Crippen molar-refractivity contribution in [2.75, 3.05) is 6.54 Å². The van der Waals surface area contributed by atoms with E-state index in [0.29, 0.717) is 13.0 Å². The lowest BCUT2D eigenvalue weighted by molar-refractivity contribution is 0.0504. The van der Waals surface area contributed by atoms with Crippen LogP contribution in [0, 0.1) is 0 Å². The second-order valence-electron chi connectivity index (χ2n) is 3.18. The maximum absolute atomic E-state index is 9.91. The topological polar surface area (TPSA) is 46.2 Å². The molecule has 1 rings (SSSR count). The van der Waals surface area contributed by atoms with Gasteiger partial charge in [0.15, 0.2) is 0 Å². The number of hydrogen-bond donors (Lipinski definition) is 2. The van der Waals surface area contributed by atoms with Gasteiger partial charge in [-0.2, -0.15) is 0 Å². The zero-order valence-corrected chi connectivity index (χ0v) is 7.33. The van der Waals surface area contributed by atoms with Crippen molar-refractivity contribution in [1.29, 1.82) is 0 Å². The monoisotopic (exact) mass is 165 g/mol. The first-order chi connectivity index (χ1) is 5.67. The third kappa shape index (κ3) is 2.06. The summed E-state index contributed by atoms with van der Waals surface area (Å²) in [6.45, 7) is 2.29. The number of hydrogen-bond acceptors (Lipinski definition) is 2. The van der Waals surface area contributed by atoms with E-state index in [1.165, 1.54) is 0 Å². The van der Waals surface area contributed by atoms with Gasteiger partial charge in [0, 0.05) is 0 Å². The number of benzene rings is 1. The predicted molar refractivity (Wildman–Crippen MR) is 49.7 cm³/mol. The van der Waals surface area contributed by atoms with Crippen molar-refractivity contribution < 1.29 is 5.11 Å². The quantitative estimate of drug-likeness (QED) is 0.708. The van der Waals surface area contributed by atoms with Crippen molar-refractivity contribution >= 4 is 0 Å². The van der Waals surface area contributed by atoms with Crippen LogP contribution in [0.15, 0.2) is 30.3 Å². The average Bonchev–Trinajstić information content (AvgIpc) is 2.06. The van der Waals surface area contributed by atoms with Crippen LogP contribution in [-0.4, -0.2) is 11.7 Å². The van der Waals surface area contributed by atoms with E-state index in [4.69, 9.17) is 5.73 Å². The Morgan fingerprint density at radius 3 is 2.42 bits per heavy atom. The van der Waals surface area contributed by atoms with Gasteiger partial charge < -0.3 is 10.8 Å². The Morgan fingerprint density at radius 1 is 1.33 bits per heavy atom. The van der Waals surface area contributed by atoms with Crippen molar-refractivity contribution in [3.63, 3.8) is 0 Å². The average molecular weight is 165 g/mol. The Bertz CT molecular complexity index is 231. The molecule has 0 spiro atoms. The molecule has 0 heterocycles. The van der Waals surface area contributed by atoms with Gasteiger partial charge in [-0.25, -0.2) is 0 Å². The van der Waals surface area contributed by atoms with E-state index in [1.807, 2.05) is 30.3 Å². The SMILES string of the molecule is CC(O)(CCN)c1ccccc1. The van der Waals surface area contributed by atoms with Gasteiger partial charge in [0.2, 0.25) is 0 Å². The molecular weight excluding hydrogens is 150 g/mol. The molecule has 0 radical (unpaired) electrons. The summed E-state index contributed by atoms with van der Waals surface area (Å²) < 4.78 is 0. The van der Waals surface area contributed by atoms with Crippen LogP contribution in [0.2, 0.25) is 0 Å². The number of nitrogens with two attached hydrogens (primary N) is 1.